The van der Waals surface area contributed by atoms with Crippen LogP contribution in [0.25, 0.3) is 0 Å². The van der Waals surface area contributed by atoms with Gasteiger partial charge < -0.3 is 19.2 Å². The van der Waals surface area contributed by atoms with Crippen LogP contribution >= 0.6 is 22.9 Å². The van der Waals surface area contributed by atoms with E-state index < -0.39 is 0 Å². The fourth-order valence-electron chi connectivity index (χ4n) is 3.80. The molecule has 2 aromatic heterocycles. The second-order valence-electron chi connectivity index (χ2n) is 7.38. The summed E-state index contributed by atoms with van der Waals surface area (Å²) in [6, 6.07) is 7.25. The number of carbonyl (C=O) groups is 1. The molecular weight excluding hydrogens is 448 g/mol. The third-order valence-corrected chi connectivity index (χ3v) is 6.73. The van der Waals surface area contributed by atoms with Crippen LogP contribution in [0.2, 0.25) is 5.02 Å². The Labute approximate surface area is 196 Å². The number of carbonyl (C=O) groups excluding carboxylic acids is 1. The van der Waals surface area contributed by atoms with Gasteiger partial charge in [0.2, 0.25) is 0 Å². The van der Waals surface area contributed by atoms with Gasteiger partial charge in [-0.05, 0) is 68.0 Å². The second-order valence-corrected chi connectivity index (χ2v) is 8.87. The number of methoxy groups -OCH3 is 1. The van der Waals surface area contributed by atoms with Gasteiger partial charge in [0, 0.05) is 11.1 Å². The van der Waals surface area contributed by atoms with Crippen LogP contribution in [0.3, 0.4) is 0 Å². The lowest BCUT2D eigenvalue weighted by molar-refractivity contribution is 0.0948. The van der Waals surface area contributed by atoms with Crippen LogP contribution in [0, 0.1) is 0 Å². The van der Waals surface area contributed by atoms with Crippen molar-refractivity contribution in [1.29, 1.82) is 0 Å². The van der Waals surface area contributed by atoms with E-state index in [1.807, 2.05) is 19.1 Å². The van der Waals surface area contributed by atoms with Crippen LogP contribution in [-0.4, -0.2) is 25.8 Å². The number of hydrogen-bond donors (Lipinski definition) is 1. The molecule has 0 fully saturated rings. The lowest BCUT2D eigenvalue weighted by atomic mass is 9.95. The molecule has 3 aromatic rings. The minimum atomic E-state index is -0.129. The number of rotatable bonds is 8. The predicted molar refractivity (Wildman–Crippen MR) is 127 cm³/mol. The molecule has 2 heterocycles. The van der Waals surface area contributed by atoms with Gasteiger partial charge in [-0.2, -0.15) is 0 Å². The zero-order valence-electron chi connectivity index (χ0n) is 18.1. The third kappa shape index (κ3) is 4.84. The maximum atomic E-state index is 13.1. The maximum Gasteiger partial charge on any atom is 0.255 e. The Morgan fingerprint density at radius 2 is 2.19 bits per heavy atom. The number of halogens is 1. The van der Waals surface area contributed by atoms with E-state index in [2.05, 4.69) is 5.32 Å². The van der Waals surface area contributed by atoms with Gasteiger partial charge in [0.25, 0.3) is 5.91 Å². The average molecular weight is 473 g/mol. The van der Waals surface area contributed by atoms with Gasteiger partial charge in [0.15, 0.2) is 11.5 Å². The summed E-state index contributed by atoms with van der Waals surface area (Å²) in [6.45, 7) is 2.73. The molecule has 1 amide bonds. The number of aliphatic imine (C=N–C) groups is 1. The number of hydrogen-bond acceptors (Lipinski definition) is 6. The fraction of sp³-hybridized carbons (Fsp3) is 0.333. The van der Waals surface area contributed by atoms with E-state index in [4.69, 9.17) is 30.5 Å². The summed E-state index contributed by atoms with van der Waals surface area (Å²) < 4.78 is 16.3. The molecule has 0 unspecified atom stereocenters. The molecule has 1 aliphatic rings. The normalized spacial score (nSPS) is 13.2. The first-order chi connectivity index (χ1) is 15.6. The van der Waals surface area contributed by atoms with Crippen LogP contribution in [-0.2, 0) is 19.4 Å². The summed E-state index contributed by atoms with van der Waals surface area (Å²) in [5, 5.41) is 4.12. The Bertz CT molecular complexity index is 1120. The summed E-state index contributed by atoms with van der Waals surface area (Å²) in [5.41, 5.74) is 2.55. The lowest BCUT2D eigenvalue weighted by Crippen LogP contribution is -2.23. The molecule has 0 radical (unpaired) electrons. The van der Waals surface area contributed by atoms with Gasteiger partial charge in [-0.3, -0.25) is 4.79 Å². The molecule has 0 spiro atoms. The van der Waals surface area contributed by atoms with Crippen molar-refractivity contribution in [1.82, 2.24) is 5.32 Å². The molecule has 8 heteroatoms. The Morgan fingerprint density at radius 3 is 2.94 bits per heavy atom. The molecule has 0 bridgehead atoms. The minimum absolute atomic E-state index is 0.129. The van der Waals surface area contributed by atoms with Crippen LogP contribution < -0.4 is 14.8 Å². The molecule has 0 atom stereocenters. The Kier molecular flexibility index (Phi) is 7.17. The van der Waals surface area contributed by atoms with Gasteiger partial charge in [0.1, 0.15) is 10.8 Å². The number of amides is 1. The highest BCUT2D eigenvalue weighted by Gasteiger charge is 2.25. The first-order valence-electron chi connectivity index (χ1n) is 10.6. The van der Waals surface area contributed by atoms with Crippen molar-refractivity contribution in [2.45, 2.75) is 39.2 Å². The average Bonchev–Trinajstić information content (AvgIpc) is 3.44. The number of aryl methyl sites for hydroxylation is 1. The minimum Gasteiger partial charge on any atom is -0.491 e. The standard InChI is InChI=1S/C24H25ClN2O4S/c1-3-30-19-12-15(11-18(25)22(19)29-2)13-27-24-21(17-8-4-5-9-20(17)32-24)23(28)26-14-16-7-6-10-31-16/h6-7,10-13H,3-5,8-9,14H2,1-2H3,(H,26,28). The van der Waals surface area contributed by atoms with Gasteiger partial charge >= 0.3 is 0 Å². The van der Waals surface area contributed by atoms with Gasteiger partial charge in [-0.15, -0.1) is 11.3 Å². The second kappa shape index (κ2) is 10.2. The lowest BCUT2D eigenvalue weighted by Gasteiger charge is -2.12. The summed E-state index contributed by atoms with van der Waals surface area (Å²) in [6.07, 6.45) is 7.41. The Hall–Kier alpha value is -2.77. The Balaban J connectivity index is 1.64. The molecule has 1 aliphatic carbocycles. The highest BCUT2D eigenvalue weighted by molar-refractivity contribution is 7.16. The van der Waals surface area contributed by atoms with Gasteiger partial charge in [0.05, 0.1) is 37.1 Å². The predicted octanol–water partition coefficient (Wildman–Crippen LogP) is 5.96. The molecule has 32 heavy (non-hydrogen) atoms. The van der Waals surface area contributed by atoms with Crippen LogP contribution in [0.1, 0.15) is 51.9 Å². The van der Waals surface area contributed by atoms with E-state index in [-0.39, 0.29) is 5.91 Å². The Morgan fingerprint density at radius 1 is 1.34 bits per heavy atom. The number of thiophene rings is 1. The van der Waals surface area contributed by atoms with Crippen molar-refractivity contribution >= 4 is 40.1 Å². The summed E-state index contributed by atoms with van der Waals surface area (Å²) in [7, 11) is 1.56. The number of nitrogens with one attached hydrogen (secondary N) is 1. The van der Waals surface area contributed by atoms with Crippen molar-refractivity contribution in [2.75, 3.05) is 13.7 Å². The summed E-state index contributed by atoms with van der Waals surface area (Å²) >= 11 is 7.96. The highest BCUT2D eigenvalue weighted by atomic mass is 35.5. The van der Waals surface area contributed by atoms with Crippen molar-refractivity contribution in [3.05, 3.63) is 62.9 Å². The zero-order valence-corrected chi connectivity index (χ0v) is 19.6. The fourth-order valence-corrected chi connectivity index (χ4v) is 5.33. The van der Waals surface area contributed by atoms with Crippen LogP contribution in [0.15, 0.2) is 39.9 Å². The summed E-state index contributed by atoms with van der Waals surface area (Å²) in [4.78, 5) is 19.0. The highest BCUT2D eigenvalue weighted by Crippen LogP contribution is 2.40. The smallest absolute Gasteiger partial charge is 0.255 e. The molecule has 168 valence electrons. The third-order valence-electron chi connectivity index (χ3n) is 5.25. The van der Waals surface area contributed by atoms with Crippen LogP contribution in [0.5, 0.6) is 11.5 Å². The molecule has 4 rings (SSSR count). The quantitative estimate of drug-likeness (QED) is 0.410. The SMILES string of the molecule is CCOc1cc(C=Nc2sc3c(c2C(=O)NCc2ccco2)CCCC3)cc(Cl)c1OC. The maximum absolute atomic E-state index is 13.1. The number of fused-ring (bicyclic) bond motifs is 1. The monoisotopic (exact) mass is 472 g/mol. The van der Waals surface area contributed by atoms with Gasteiger partial charge in [-0.25, -0.2) is 4.99 Å². The van der Waals surface area contributed by atoms with Gasteiger partial charge in [-0.1, -0.05) is 11.6 Å². The first kappa shape index (κ1) is 22.4. The summed E-state index contributed by atoms with van der Waals surface area (Å²) in [5.74, 6) is 1.64. The largest absolute Gasteiger partial charge is 0.491 e. The number of nitrogens with zero attached hydrogens (tertiary/aromatic N) is 1. The van der Waals surface area contributed by atoms with Crippen molar-refractivity contribution in [3.63, 3.8) is 0 Å². The molecular formula is C24H25ClN2O4S. The topological polar surface area (TPSA) is 73.1 Å². The number of ether oxygens (including phenoxy) is 2. The van der Waals surface area contributed by atoms with Crippen LogP contribution in [0.4, 0.5) is 5.00 Å². The molecule has 0 saturated carbocycles. The first-order valence-corrected chi connectivity index (χ1v) is 11.8. The van der Waals surface area contributed by atoms with E-state index in [0.717, 1.165) is 36.8 Å². The molecule has 0 saturated heterocycles. The number of benzene rings is 1. The van der Waals surface area contributed by atoms with E-state index in [1.54, 1.807) is 43.1 Å². The van der Waals surface area contributed by atoms with Crippen molar-refractivity contribution in [3.8, 4) is 11.5 Å². The van der Waals surface area contributed by atoms with E-state index >= 15 is 0 Å². The molecule has 6 nitrogen and oxygen atoms in total. The van der Waals surface area contributed by atoms with E-state index in [0.29, 0.717) is 46.0 Å². The van der Waals surface area contributed by atoms with E-state index in [1.165, 1.54) is 4.88 Å². The van der Waals surface area contributed by atoms with E-state index in [9.17, 15) is 4.79 Å². The van der Waals surface area contributed by atoms with Crippen molar-refractivity contribution in [2.24, 2.45) is 4.99 Å². The number of furan rings is 1. The molecule has 1 N–H and O–H groups in total. The zero-order chi connectivity index (χ0) is 22.5. The van der Waals surface area contributed by atoms with Crippen molar-refractivity contribution < 1.29 is 18.7 Å². The molecule has 1 aromatic carbocycles. The molecule has 0 aliphatic heterocycles.